The highest BCUT2D eigenvalue weighted by molar-refractivity contribution is 5.78. The molecule has 0 aromatic rings. The molecule has 6 nitrogen and oxygen atoms in total. The SMILES string of the molecule is CCCCCCCCCCCCOC(=O)CCNC(CCC(C)=O)C(=O)O. The van der Waals surface area contributed by atoms with Crippen LogP contribution >= 0.6 is 0 Å². The van der Waals surface area contributed by atoms with E-state index in [0.717, 1.165) is 12.8 Å². The molecule has 0 saturated heterocycles. The molecular formula is C21H39NO5. The first kappa shape index (κ1) is 25.6. The molecule has 0 amide bonds. The van der Waals surface area contributed by atoms with E-state index in [1.807, 2.05) is 0 Å². The van der Waals surface area contributed by atoms with Crippen LogP contribution in [0.1, 0.15) is 97.3 Å². The monoisotopic (exact) mass is 385 g/mol. The van der Waals surface area contributed by atoms with Gasteiger partial charge in [0, 0.05) is 13.0 Å². The molecule has 0 bridgehead atoms. The van der Waals surface area contributed by atoms with Crippen LogP contribution in [0.25, 0.3) is 0 Å². The second-order valence-corrected chi connectivity index (χ2v) is 7.24. The first-order valence-electron chi connectivity index (χ1n) is 10.6. The van der Waals surface area contributed by atoms with Gasteiger partial charge in [-0.1, -0.05) is 64.7 Å². The highest BCUT2D eigenvalue weighted by atomic mass is 16.5. The second kappa shape index (κ2) is 18.0. The number of carboxylic acids is 1. The molecule has 0 spiro atoms. The number of ketones is 1. The van der Waals surface area contributed by atoms with Gasteiger partial charge in [0.1, 0.15) is 11.8 Å². The molecule has 6 heteroatoms. The van der Waals surface area contributed by atoms with Gasteiger partial charge in [-0.2, -0.15) is 0 Å². The van der Waals surface area contributed by atoms with Gasteiger partial charge in [-0.3, -0.25) is 9.59 Å². The third-order valence-corrected chi connectivity index (χ3v) is 4.56. The van der Waals surface area contributed by atoms with Crippen molar-refractivity contribution in [2.75, 3.05) is 13.2 Å². The second-order valence-electron chi connectivity index (χ2n) is 7.24. The van der Waals surface area contributed by atoms with Crippen molar-refractivity contribution in [3.63, 3.8) is 0 Å². The van der Waals surface area contributed by atoms with E-state index in [2.05, 4.69) is 12.2 Å². The van der Waals surface area contributed by atoms with Crippen molar-refractivity contribution in [1.29, 1.82) is 0 Å². The maximum atomic E-state index is 11.7. The first-order chi connectivity index (χ1) is 13.0. The number of hydrogen-bond donors (Lipinski definition) is 2. The summed E-state index contributed by atoms with van der Waals surface area (Å²) >= 11 is 0. The summed E-state index contributed by atoms with van der Waals surface area (Å²) in [6.07, 6.45) is 12.9. The van der Waals surface area contributed by atoms with Crippen LogP contribution in [-0.4, -0.2) is 42.0 Å². The number of ether oxygens (including phenoxy) is 1. The Kier molecular flexibility index (Phi) is 17.0. The van der Waals surface area contributed by atoms with Gasteiger partial charge in [-0.05, 0) is 19.8 Å². The maximum Gasteiger partial charge on any atom is 0.320 e. The van der Waals surface area contributed by atoms with Crippen LogP contribution in [0.15, 0.2) is 0 Å². The van der Waals surface area contributed by atoms with Gasteiger partial charge in [0.15, 0.2) is 0 Å². The van der Waals surface area contributed by atoms with E-state index < -0.39 is 12.0 Å². The molecule has 0 heterocycles. The molecular weight excluding hydrogens is 346 g/mol. The molecule has 0 aliphatic carbocycles. The van der Waals surface area contributed by atoms with Crippen LogP contribution in [-0.2, 0) is 19.1 Å². The number of carboxylic acid groups (broad SMARTS) is 1. The van der Waals surface area contributed by atoms with E-state index in [0.29, 0.717) is 6.61 Å². The summed E-state index contributed by atoms with van der Waals surface area (Å²) in [4.78, 5) is 33.7. The van der Waals surface area contributed by atoms with Crippen molar-refractivity contribution in [1.82, 2.24) is 5.32 Å². The van der Waals surface area contributed by atoms with Crippen LogP contribution in [0, 0.1) is 0 Å². The van der Waals surface area contributed by atoms with Gasteiger partial charge in [-0.25, -0.2) is 0 Å². The van der Waals surface area contributed by atoms with E-state index in [4.69, 9.17) is 9.84 Å². The lowest BCUT2D eigenvalue weighted by atomic mass is 10.1. The Bertz CT molecular complexity index is 411. The van der Waals surface area contributed by atoms with Crippen molar-refractivity contribution in [2.24, 2.45) is 0 Å². The van der Waals surface area contributed by atoms with E-state index in [-0.39, 0.29) is 37.6 Å². The average Bonchev–Trinajstić information content (AvgIpc) is 2.62. The van der Waals surface area contributed by atoms with Gasteiger partial charge in [0.05, 0.1) is 13.0 Å². The Balaban J connectivity index is 3.52. The highest BCUT2D eigenvalue weighted by Crippen LogP contribution is 2.10. The zero-order chi connectivity index (χ0) is 20.3. The lowest BCUT2D eigenvalue weighted by Gasteiger charge is -2.13. The summed E-state index contributed by atoms with van der Waals surface area (Å²) < 4.78 is 5.17. The summed E-state index contributed by atoms with van der Waals surface area (Å²) in [5.41, 5.74) is 0. The van der Waals surface area contributed by atoms with Crippen molar-refractivity contribution >= 4 is 17.7 Å². The van der Waals surface area contributed by atoms with Crippen molar-refractivity contribution < 1.29 is 24.2 Å². The number of nitrogens with one attached hydrogen (secondary N) is 1. The number of carbonyl (C=O) groups is 3. The molecule has 0 saturated carbocycles. The summed E-state index contributed by atoms with van der Waals surface area (Å²) in [7, 11) is 0. The van der Waals surface area contributed by atoms with E-state index >= 15 is 0 Å². The standard InChI is InChI=1S/C21H39NO5/c1-3-4-5-6-7-8-9-10-11-12-17-27-20(24)15-16-22-19(21(25)26)14-13-18(2)23/h19,22H,3-17H2,1-2H3,(H,25,26). The minimum atomic E-state index is -1.00. The Labute approximate surface area is 164 Å². The topological polar surface area (TPSA) is 92.7 Å². The lowest BCUT2D eigenvalue weighted by Crippen LogP contribution is -2.38. The number of esters is 1. The quantitative estimate of drug-likeness (QED) is 0.255. The van der Waals surface area contributed by atoms with Gasteiger partial charge >= 0.3 is 11.9 Å². The van der Waals surface area contributed by atoms with Crippen LogP contribution in [0.4, 0.5) is 0 Å². The summed E-state index contributed by atoms with van der Waals surface area (Å²) in [5.74, 6) is -1.36. The van der Waals surface area contributed by atoms with E-state index in [1.165, 1.54) is 58.3 Å². The zero-order valence-electron chi connectivity index (χ0n) is 17.3. The third-order valence-electron chi connectivity index (χ3n) is 4.56. The van der Waals surface area contributed by atoms with E-state index in [9.17, 15) is 14.4 Å². The molecule has 27 heavy (non-hydrogen) atoms. The molecule has 0 aromatic carbocycles. The number of unbranched alkanes of at least 4 members (excludes halogenated alkanes) is 9. The average molecular weight is 386 g/mol. The fourth-order valence-electron chi connectivity index (χ4n) is 2.86. The smallest absolute Gasteiger partial charge is 0.320 e. The lowest BCUT2D eigenvalue weighted by molar-refractivity contribution is -0.144. The molecule has 0 aliphatic heterocycles. The van der Waals surface area contributed by atoms with E-state index in [1.54, 1.807) is 0 Å². The van der Waals surface area contributed by atoms with Gasteiger partial charge in [0.2, 0.25) is 0 Å². The maximum absolute atomic E-state index is 11.7. The highest BCUT2D eigenvalue weighted by Gasteiger charge is 2.17. The minimum absolute atomic E-state index is 0.0426. The largest absolute Gasteiger partial charge is 0.480 e. The molecule has 0 rings (SSSR count). The first-order valence-corrected chi connectivity index (χ1v) is 10.6. The van der Waals surface area contributed by atoms with Gasteiger partial charge < -0.3 is 20.0 Å². The fourth-order valence-corrected chi connectivity index (χ4v) is 2.86. The van der Waals surface area contributed by atoms with Crippen LogP contribution in [0.5, 0.6) is 0 Å². The summed E-state index contributed by atoms with van der Waals surface area (Å²) in [6.45, 7) is 4.34. The Morgan fingerprint density at radius 3 is 1.96 bits per heavy atom. The number of Topliss-reactive ketones (excluding diaryl/α,β-unsaturated/α-hetero) is 1. The minimum Gasteiger partial charge on any atom is -0.480 e. The molecule has 158 valence electrons. The summed E-state index contributed by atoms with van der Waals surface area (Å²) in [6, 6.07) is -0.802. The predicted octanol–water partition coefficient (Wildman–Crippen LogP) is 4.25. The Hall–Kier alpha value is -1.43. The number of hydrogen-bond acceptors (Lipinski definition) is 5. The van der Waals surface area contributed by atoms with Crippen LogP contribution in [0.2, 0.25) is 0 Å². The zero-order valence-corrected chi connectivity index (χ0v) is 17.3. The molecule has 1 atom stereocenters. The van der Waals surface area contributed by atoms with Crippen molar-refractivity contribution in [3.8, 4) is 0 Å². The van der Waals surface area contributed by atoms with Crippen molar-refractivity contribution in [2.45, 2.75) is 103 Å². The number of carbonyl (C=O) groups excluding carboxylic acids is 2. The molecule has 0 fully saturated rings. The van der Waals surface area contributed by atoms with Gasteiger partial charge in [0.25, 0.3) is 0 Å². The normalized spacial score (nSPS) is 11.9. The fraction of sp³-hybridized carbons (Fsp3) is 0.857. The number of rotatable bonds is 19. The molecule has 0 aliphatic rings. The third kappa shape index (κ3) is 17.7. The molecule has 2 N–H and O–H groups in total. The molecule has 1 unspecified atom stereocenters. The predicted molar refractivity (Wildman–Crippen MR) is 107 cm³/mol. The summed E-state index contributed by atoms with van der Waals surface area (Å²) in [5, 5.41) is 11.9. The van der Waals surface area contributed by atoms with Crippen LogP contribution in [0.3, 0.4) is 0 Å². The van der Waals surface area contributed by atoms with Crippen LogP contribution < -0.4 is 5.32 Å². The molecule has 0 aromatic heterocycles. The van der Waals surface area contributed by atoms with Gasteiger partial charge in [-0.15, -0.1) is 0 Å². The Morgan fingerprint density at radius 2 is 1.44 bits per heavy atom. The van der Waals surface area contributed by atoms with Crippen molar-refractivity contribution in [3.05, 3.63) is 0 Å². The molecule has 0 radical (unpaired) electrons. The Morgan fingerprint density at radius 1 is 0.889 bits per heavy atom. The number of aliphatic carboxylic acids is 1.